The van der Waals surface area contributed by atoms with Crippen LogP contribution in [0.3, 0.4) is 0 Å². The molecular weight excluding hydrogens is 312 g/mol. The van der Waals surface area contributed by atoms with E-state index in [0.29, 0.717) is 12.5 Å². The van der Waals surface area contributed by atoms with Crippen molar-refractivity contribution in [1.82, 2.24) is 0 Å². The second-order valence-electron chi connectivity index (χ2n) is 5.42. The number of nitrogens with two attached hydrogens (primary N) is 1. The Bertz CT molecular complexity index is 547. The third-order valence-corrected chi connectivity index (χ3v) is 3.65. The van der Waals surface area contributed by atoms with Gasteiger partial charge in [0.2, 0.25) is 0 Å². The maximum absolute atomic E-state index is 13.2. The molecule has 1 aliphatic rings. The minimum Gasteiger partial charge on any atom is -0.496 e. The van der Waals surface area contributed by atoms with Gasteiger partial charge in [-0.1, -0.05) is 12.8 Å². The molecule has 0 bridgehead atoms. The molecule has 1 atom stereocenters. The fraction of sp³-hybridized carbons (Fsp3) is 0.571. The standard InChI is InChI=1S/C14H15F6NO/c1-22-11-6-8(13(15,16)17)5-9(14(18,19)20)12(11)10(21)4-7-2-3-7/h5-7,10H,2-4,21H2,1H3/t10-/m0/s1. The van der Waals surface area contributed by atoms with Crippen molar-refractivity contribution in [2.45, 2.75) is 37.7 Å². The van der Waals surface area contributed by atoms with Crippen molar-refractivity contribution in [3.8, 4) is 5.75 Å². The van der Waals surface area contributed by atoms with Gasteiger partial charge in [-0.15, -0.1) is 0 Å². The van der Waals surface area contributed by atoms with Gasteiger partial charge in [0.1, 0.15) is 5.75 Å². The van der Waals surface area contributed by atoms with Crippen LogP contribution in [-0.2, 0) is 12.4 Å². The summed E-state index contributed by atoms with van der Waals surface area (Å²) in [6.45, 7) is 0. The van der Waals surface area contributed by atoms with E-state index in [1.54, 1.807) is 0 Å². The lowest BCUT2D eigenvalue weighted by Crippen LogP contribution is -2.21. The molecule has 2 nitrogen and oxygen atoms in total. The Hall–Kier alpha value is -1.44. The summed E-state index contributed by atoms with van der Waals surface area (Å²) in [6, 6.07) is -0.344. The summed E-state index contributed by atoms with van der Waals surface area (Å²) >= 11 is 0. The average Bonchev–Trinajstić information content (AvgIpc) is 3.18. The molecule has 0 spiro atoms. The van der Waals surface area contributed by atoms with E-state index in [-0.39, 0.29) is 12.0 Å². The molecule has 1 aromatic rings. The minimum absolute atomic E-state index is 0.102. The monoisotopic (exact) mass is 327 g/mol. The second kappa shape index (κ2) is 5.64. The third-order valence-electron chi connectivity index (χ3n) is 3.65. The first kappa shape index (κ1) is 16.9. The molecule has 2 N–H and O–H groups in total. The molecule has 1 fully saturated rings. The molecule has 0 aliphatic heterocycles. The lowest BCUT2D eigenvalue weighted by molar-refractivity contribution is -0.143. The first-order valence-electron chi connectivity index (χ1n) is 6.66. The van der Waals surface area contributed by atoms with Crippen molar-refractivity contribution in [2.24, 2.45) is 11.7 Å². The van der Waals surface area contributed by atoms with Gasteiger partial charge in [-0.25, -0.2) is 0 Å². The number of rotatable bonds is 4. The molecule has 2 rings (SSSR count). The van der Waals surface area contributed by atoms with E-state index >= 15 is 0 Å². The molecule has 1 saturated carbocycles. The maximum Gasteiger partial charge on any atom is 0.416 e. The van der Waals surface area contributed by atoms with Crippen LogP contribution in [0.4, 0.5) is 26.3 Å². The van der Waals surface area contributed by atoms with Gasteiger partial charge in [0.15, 0.2) is 0 Å². The van der Waals surface area contributed by atoms with Gasteiger partial charge < -0.3 is 10.5 Å². The summed E-state index contributed by atoms with van der Waals surface area (Å²) in [6.07, 6.45) is -7.79. The summed E-state index contributed by atoms with van der Waals surface area (Å²) in [7, 11) is 1.03. The zero-order valence-electron chi connectivity index (χ0n) is 11.7. The van der Waals surface area contributed by atoms with Crippen molar-refractivity contribution >= 4 is 0 Å². The van der Waals surface area contributed by atoms with E-state index < -0.39 is 40.8 Å². The summed E-state index contributed by atoms with van der Waals surface area (Å²) < 4.78 is 82.6. The van der Waals surface area contributed by atoms with Crippen LogP contribution in [-0.4, -0.2) is 7.11 Å². The first-order chi connectivity index (χ1) is 10.0. The number of halogens is 6. The number of hydrogen-bond acceptors (Lipinski definition) is 2. The van der Waals surface area contributed by atoms with Crippen LogP contribution in [0.15, 0.2) is 12.1 Å². The molecule has 0 saturated heterocycles. The highest BCUT2D eigenvalue weighted by Crippen LogP contribution is 2.46. The molecule has 22 heavy (non-hydrogen) atoms. The highest BCUT2D eigenvalue weighted by molar-refractivity contribution is 5.48. The van der Waals surface area contributed by atoms with Crippen LogP contribution in [0, 0.1) is 5.92 Å². The average molecular weight is 327 g/mol. The number of methoxy groups -OCH3 is 1. The summed E-state index contributed by atoms with van der Waals surface area (Å²) in [5.74, 6) is -0.251. The van der Waals surface area contributed by atoms with Crippen molar-refractivity contribution in [3.05, 3.63) is 28.8 Å². The van der Waals surface area contributed by atoms with Crippen LogP contribution >= 0.6 is 0 Å². The van der Waals surface area contributed by atoms with E-state index in [1.165, 1.54) is 0 Å². The van der Waals surface area contributed by atoms with Crippen molar-refractivity contribution in [1.29, 1.82) is 0 Å². The highest BCUT2D eigenvalue weighted by Gasteiger charge is 2.41. The summed E-state index contributed by atoms with van der Waals surface area (Å²) in [5.41, 5.74) is 2.61. The third kappa shape index (κ3) is 3.66. The normalized spacial score (nSPS) is 17.5. The smallest absolute Gasteiger partial charge is 0.416 e. The van der Waals surface area contributed by atoms with Gasteiger partial charge in [0.05, 0.1) is 18.2 Å². The predicted octanol–water partition coefficient (Wildman–Crippen LogP) is 4.53. The van der Waals surface area contributed by atoms with Gasteiger partial charge in [-0.05, 0) is 24.5 Å². The van der Waals surface area contributed by atoms with Crippen molar-refractivity contribution in [3.63, 3.8) is 0 Å². The Morgan fingerprint density at radius 1 is 1.14 bits per heavy atom. The summed E-state index contributed by atoms with van der Waals surface area (Å²) in [4.78, 5) is 0. The zero-order chi connectivity index (χ0) is 16.7. The first-order valence-corrected chi connectivity index (χ1v) is 6.66. The number of benzene rings is 1. The molecule has 1 aromatic carbocycles. The van der Waals surface area contributed by atoms with Crippen LogP contribution in [0.5, 0.6) is 5.75 Å². The lowest BCUT2D eigenvalue weighted by atomic mass is 9.93. The molecule has 0 radical (unpaired) electrons. The van der Waals surface area contributed by atoms with E-state index in [4.69, 9.17) is 10.5 Å². The van der Waals surface area contributed by atoms with Crippen LogP contribution in [0.2, 0.25) is 0 Å². The molecule has 8 heteroatoms. The molecule has 0 heterocycles. The Kier molecular flexibility index (Phi) is 4.34. The molecule has 0 amide bonds. The predicted molar refractivity (Wildman–Crippen MR) is 67.3 cm³/mol. The van der Waals surface area contributed by atoms with Gasteiger partial charge in [0.25, 0.3) is 0 Å². The van der Waals surface area contributed by atoms with E-state index in [0.717, 1.165) is 20.0 Å². The second-order valence-corrected chi connectivity index (χ2v) is 5.42. The molecule has 1 aliphatic carbocycles. The molecule has 0 unspecified atom stereocenters. The maximum atomic E-state index is 13.2. The Morgan fingerprint density at radius 3 is 2.14 bits per heavy atom. The van der Waals surface area contributed by atoms with Gasteiger partial charge in [-0.2, -0.15) is 26.3 Å². The molecule has 0 aromatic heterocycles. The Morgan fingerprint density at radius 2 is 1.73 bits per heavy atom. The highest BCUT2D eigenvalue weighted by atomic mass is 19.4. The summed E-state index contributed by atoms with van der Waals surface area (Å²) in [5, 5.41) is 0. The largest absolute Gasteiger partial charge is 0.496 e. The molecular formula is C14H15F6NO. The lowest BCUT2D eigenvalue weighted by Gasteiger charge is -2.23. The van der Waals surface area contributed by atoms with Crippen LogP contribution < -0.4 is 10.5 Å². The Labute approximate surface area is 123 Å². The SMILES string of the molecule is COc1cc(C(F)(F)F)cc(C(F)(F)F)c1[C@@H](N)CC1CC1. The molecule has 124 valence electrons. The van der Waals surface area contributed by atoms with Gasteiger partial charge in [-0.3, -0.25) is 0 Å². The van der Waals surface area contributed by atoms with Gasteiger partial charge >= 0.3 is 12.4 Å². The number of hydrogen-bond donors (Lipinski definition) is 1. The van der Waals surface area contributed by atoms with Crippen LogP contribution in [0.1, 0.15) is 42.0 Å². The Balaban J connectivity index is 2.57. The van der Waals surface area contributed by atoms with Crippen molar-refractivity contribution in [2.75, 3.05) is 7.11 Å². The van der Waals surface area contributed by atoms with Crippen molar-refractivity contribution < 1.29 is 31.1 Å². The van der Waals surface area contributed by atoms with Crippen LogP contribution in [0.25, 0.3) is 0 Å². The minimum atomic E-state index is -4.94. The fourth-order valence-corrected chi connectivity index (χ4v) is 2.41. The quantitative estimate of drug-likeness (QED) is 0.825. The topological polar surface area (TPSA) is 35.2 Å². The van der Waals surface area contributed by atoms with Gasteiger partial charge in [0, 0.05) is 11.6 Å². The van der Waals surface area contributed by atoms with E-state index in [2.05, 4.69) is 0 Å². The van der Waals surface area contributed by atoms with E-state index in [9.17, 15) is 26.3 Å². The number of ether oxygens (including phenoxy) is 1. The number of alkyl halides is 6. The zero-order valence-corrected chi connectivity index (χ0v) is 11.7. The van der Waals surface area contributed by atoms with E-state index in [1.807, 2.05) is 0 Å². The fourth-order valence-electron chi connectivity index (χ4n) is 2.41.